The molecule has 2 aliphatic rings. The fourth-order valence-electron chi connectivity index (χ4n) is 3.48. The molecule has 1 saturated heterocycles. The first kappa shape index (κ1) is 17.6. The molecule has 1 fully saturated rings. The van der Waals surface area contributed by atoms with Gasteiger partial charge >= 0.3 is 0 Å². The normalized spacial score (nSPS) is 17.8. The number of ether oxygens (including phenoxy) is 1. The van der Waals surface area contributed by atoms with Crippen molar-refractivity contribution in [2.75, 3.05) is 13.1 Å². The van der Waals surface area contributed by atoms with Crippen molar-refractivity contribution in [2.45, 2.75) is 19.1 Å². The van der Waals surface area contributed by atoms with Crippen molar-refractivity contribution in [3.05, 3.63) is 59.1 Å². The number of hydrogen-bond donors (Lipinski definition) is 1. The van der Waals surface area contributed by atoms with E-state index in [0.717, 1.165) is 34.4 Å². The molecule has 5 nitrogen and oxygen atoms in total. The van der Waals surface area contributed by atoms with Gasteiger partial charge in [-0.1, -0.05) is 24.2 Å². The van der Waals surface area contributed by atoms with Gasteiger partial charge in [0.1, 0.15) is 17.6 Å². The fourth-order valence-corrected chi connectivity index (χ4v) is 3.66. The molecule has 0 radical (unpaired) electrons. The minimum atomic E-state index is -0.0691. The van der Waals surface area contributed by atoms with Crippen LogP contribution in [0.15, 0.2) is 48.0 Å². The van der Waals surface area contributed by atoms with Crippen LogP contribution in [0.25, 0.3) is 11.1 Å². The molecule has 2 aromatic rings. The molecule has 1 N–H and O–H groups in total. The standard InChI is InChI=1S/C21H19ClN2O3/c1-2-21(26)24-6-5-16(12-24)27-20-9-14(7-15-10-23-11-17(15)20)13-3-4-19(25)18(22)8-13/h2-4,7-9,11,16,25H,1,5-6,10,12H2/t16-/m0/s1. The molecule has 0 spiro atoms. The molecule has 0 saturated carbocycles. The van der Waals surface area contributed by atoms with Gasteiger partial charge in [0.25, 0.3) is 0 Å². The highest BCUT2D eigenvalue weighted by Crippen LogP contribution is 2.36. The zero-order valence-corrected chi connectivity index (χ0v) is 15.4. The smallest absolute Gasteiger partial charge is 0.246 e. The first-order valence-corrected chi connectivity index (χ1v) is 9.16. The van der Waals surface area contributed by atoms with Crippen LogP contribution in [0.5, 0.6) is 11.5 Å². The van der Waals surface area contributed by atoms with Crippen molar-refractivity contribution >= 4 is 23.7 Å². The molecule has 4 rings (SSSR count). The van der Waals surface area contributed by atoms with E-state index in [1.807, 2.05) is 18.3 Å². The third-order valence-electron chi connectivity index (χ3n) is 4.92. The highest BCUT2D eigenvalue weighted by molar-refractivity contribution is 6.32. The van der Waals surface area contributed by atoms with Gasteiger partial charge < -0.3 is 14.7 Å². The molecule has 0 unspecified atom stereocenters. The van der Waals surface area contributed by atoms with Crippen molar-refractivity contribution < 1.29 is 14.6 Å². The van der Waals surface area contributed by atoms with Crippen LogP contribution in [-0.4, -0.2) is 41.3 Å². The second kappa shape index (κ2) is 7.08. The Morgan fingerprint density at radius 3 is 2.96 bits per heavy atom. The first-order chi connectivity index (χ1) is 13.0. The summed E-state index contributed by atoms with van der Waals surface area (Å²) in [5, 5.41) is 9.97. The molecule has 0 aliphatic carbocycles. The Kier molecular flexibility index (Phi) is 4.62. The van der Waals surface area contributed by atoms with E-state index >= 15 is 0 Å². The molecule has 138 valence electrons. The number of phenolic OH excluding ortho intramolecular Hbond substituents is 1. The van der Waals surface area contributed by atoms with Gasteiger partial charge in [0.05, 0.1) is 18.1 Å². The summed E-state index contributed by atoms with van der Waals surface area (Å²) in [4.78, 5) is 17.9. The van der Waals surface area contributed by atoms with Gasteiger partial charge in [0.15, 0.2) is 0 Å². The van der Waals surface area contributed by atoms with E-state index in [1.165, 1.54) is 6.08 Å². The van der Waals surface area contributed by atoms with E-state index in [0.29, 0.717) is 24.7 Å². The maximum atomic E-state index is 11.8. The maximum absolute atomic E-state index is 11.8. The number of aliphatic imine (C=N–C) groups is 1. The minimum absolute atomic E-state index is 0.0549. The molecule has 6 heteroatoms. The lowest BCUT2D eigenvalue weighted by atomic mass is 9.99. The second-order valence-electron chi connectivity index (χ2n) is 6.70. The monoisotopic (exact) mass is 382 g/mol. The van der Waals surface area contributed by atoms with E-state index in [4.69, 9.17) is 16.3 Å². The molecule has 1 amide bonds. The average molecular weight is 383 g/mol. The van der Waals surface area contributed by atoms with Gasteiger partial charge in [0.2, 0.25) is 5.91 Å². The predicted octanol–water partition coefficient (Wildman–Crippen LogP) is 3.81. The molecule has 0 aromatic heterocycles. The van der Waals surface area contributed by atoms with Gasteiger partial charge in [-0.25, -0.2) is 0 Å². The lowest BCUT2D eigenvalue weighted by Gasteiger charge is -2.18. The van der Waals surface area contributed by atoms with Crippen molar-refractivity contribution in [2.24, 2.45) is 4.99 Å². The van der Waals surface area contributed by atoms with Crippen molar-refractivity contribution in [1.82, 2.24) is 4.90 Å². The summed E-state index contributed by atoms with van der Waals surface area (Å²) in [5.41, 5.74) is 3.92. The number of carbonyl (C=O) groups is 1. The molecule has 0 bridgehead atoms. The molecule has 2 aromatic carbocycles. The number of carbonyl (C=O) groups excluding carboxylic acids is 1. The Morgan fingerprint density at radius 2 is 2.19 bits per heavy atom. The number of aromatic hydroxyl groups is 1. The van der Waals surface area contributed by atoms with Gasteiger partial charge in [-0.2, -0.15) is 0 Å². The number of rotatable bonds is 4. The first-order valence-electron chi connectivity index (χ1n) is 8.79. The lowest BCUT2D eigenvalue weighted by molar-refractivity contribution is -0.125. The lowest BCUT2D eigenvalue weighted by Crippen LogP contribution is -2.29. The number of halogens is 1. The molecule has 27 heavy (non-hydrogen) atoms. The van der Waals surface area contributed by atoms with E-state index in [-0.39, 0.29) is 17.8 Å². The van der Waals surface area contributed by atoms with E-state index in [9.17, 15) is 9.90 Å². The van der Waals surface area contributed by atoms with Crippen LogP contribution in [0.2, 0.25) is 5.02 Å². The largest absolute Gasteiger partial charge is 0.506 e. The van der Waals surface area contributed by atoms with Crippen LogP contribution < -0.4 is 4.74 Å². The molecular weight excluding hydrogens is 364 g/mol. The zero-order chi connectivity index (χ0) is 19.0. The summed E-state index contributed by atoms with van der Waals surface area (Å²) in [6, 6.07) is 9.18. The van der Waals surface area contributed by atoms with Gasteiger partial charge in [-0.05, 0) is 47.0 Å². The number of amides is 1. The maximum Gasteiger partial charge on any atom is 0.246 e. The highest BCUT2D eigenvalue weighted by atomic mass is 35.5. The number of nitrogens with zero attached hydrogens (tertiary/aromatic N) is 2. The molecule has 2 aliphatic heterocycles. The Morgan fingerprint density at radius 1 is 1.33 bits per heavy atom. The number of fused-ring (bicyclic) bond motifs is 1. The number of likely N-dealkylation sites (tertiary alicyclic amines) is 1. The number of phenols is 1. The summed E-state index contributed by atoms with van der Waals surface area (Å²) in [6.07, 6.45) is 3.88. The Hall–Kier alpha value is -2.79. The van der Waals surface area contributed by atoms with E-state index in [2.05, 4.69) is 17.6 Å². The van der Waals surface area contributed by atoms with Gasteiger partial charge in [-0.15, -0.1) is 0 Å². The predicted molar refractivity (Wildman–Crippen MR) is 106 cm³/mol. The van der Waals surface area contributed by atoms with Crippen molar-refractivity contribution in [1.29, 1.82) is 0 Å². The quantitative estimate of drug-likeness (QED) is 0.818. The molecule has 1 atom stereocenters. The number of benzene rings is 2. The van der Waals surface area contributed by atoms with Crippen molar-refractivity contribution in [3.63, 3.8) is 0 Å². The van der Waals surface area contributed by atoms with Crippen LogP contribution in [0.4, 0.5) is 0 Å². The topological polar surface area (TPSA) is 62.1 Å². The highest BCUT2D eigenvalue weighted by Gasteiger charge is 2.27. The fraction of sp³-hybridized carbons (Fsp3) is 0.238. The van der Waals surface area contributed by atoms with Crippen LogP contribution in [-0.2, 0) is 11.3 Å². The number of hydrogen-bond acceptors (Lipinski definition) is 4. The van der Waals surface area contributed by atoms with Crippen LogP contribution >= 0.6 is 11.6 Å². The van der Waals surface area contributed by atoms with Crippen LogP contribution in [0.1, 0.15) is 17.5 Å². The van der Waals surface area contributed by atoms with E-state index < -0.39 is 0 Å². The van der Waals surface area contributed by atoms with Crippen LogP contribution in [0, 0.1) is 0 Å². The van der Waals surface area contributed by atoms with Crippen LogP contribution in [0.3, 0.4) is 0 Å². The zero-order valence-electron chi connectivity index (χ0n) is 14.7. The molecular formula is C21H19ClN2O3. The second-order valence-corrected chi connectivity index (χ2v) is 7.11. The third kappa shape index (κ3) is 3.43. The Balaban J connectivity index is 1.63. The van der Waals surface area contributed by atoms with Crippen molar-refractivity contribution in [3.8, 4) is 22.6 Å². The summed E-state index contributed by atoms with van der Waals surface area (Å²) in [5.74, 6) is 0.741. The molecule has 2 heterocycles. The van der Waals surface area contributed by atoms with E-state index in [1.54, 1.807) is 17.0 Å². The summed E-state index contributed by atoms with van der Waals surface area (Å²) in [6.45, 7) is 5.36. The van der Waals surface area contributed by atoms with Gasteiger partial charge in [-0.3, -0.25) is 9.79 Å². The minimum Gasteiger partial charge on any atom is -0.506 e. The van der Waals surface area contributed by atoms with Gasteiger partial charge in [0, 0.05) is 24.7 Å². The Labute approximate surface area is 162 Å². The third-order valence-corrected chi connectivity index (χ3v) is 5.22. The summed E-state index contributed by atoms with van der Waals surface area (Å²) < 4.78 is 6.26. The Bertz CT molecular complexity index is 955. The SMILES string of the molecule is C=CC(=O)N1CC[C@H](Oc2cc(-c3ccc(O)c(Cl)c3)cc3c2C=NC3)C1. The average Bonchev–Trinajstić information content (AvgIpc) is 3.32. The summed E-state index contributed by atoms with van der Waals surface area (Å²) in [7, 11) is 0. The summed E-state index contributed by atoms with van der Waals surface area (Å²) >= 11 is 6.07.